The molecule has 3 rings (SSSR count). The molecule has 2 fully saturated rings. The highest BCUT2D eigenvalue weighted by Gasteiger charge is 2.50. The summed E-state index contributed by atoms with van der Waals surface area (Å²) in [6.45, 7) is 5.69. The van der Waals surface area contributed by atoms with Gasteiger partial charge in [-0.3, -0.25) is 9.59 Å². The normalized spacial score (nSPS) is 22.6. The molecule has 2 unspecified atom stereocenters. The lowest BCUT2D eigenvalue weighted by Crippen LogP contribution is -2.50. The van der Waals surface area contributed by atoms with Gasteiger partial charge in [-0.1, -0.05) is 13.3 Å². The van der Waals surface area contributed by atoms with Gasteiger partial charge >= 0.3 is 0 Å². The zero-order valence-electron chi connectivity index (χ0n) is 15.1. The van der Waals surface area contributed by atoms with Crippen LogP contribution in [-0.4, -0.2) is 71.4 Å². The Morgan fingerprint density at radius 3 is 2.48 bits per heavy atom. The molecule has 1 saturated carbocycles. The van der Waals surface area contributed by atoms with E-state index in [1.54, 1.807) is 23.4 Å². The summed E-state index contributed by atoms with van der Waals surface area (Å²) in [7, 11) is 1.84. The van der Waals surface area contributed by atoms with Crippen molar-refractivity contribution in [3.05, 3.63) is 18.5 Å². The van der Waals surface area contributed by atoms with Gasteiger partial charge in [0.05, 0.1) is 11.8 Å². The van der Waals surface area contributed by atoms with Crippen LogP contribution in [0.3, 0.4) is 0 Å². The topological polar surface area (TPSA) is 69.6 Å². The third-order valence-corrected chi connectivity index (χ3v) is 5.07. The molecule has 1 aliphatic heterocycles. The Labute approximate surface area is 149 Å². The number of amides is 2. The molecule has 2 heterocycles. The first-order valence-corrected chi connectivity index (χ1v) is 9.17. The number of aromatic nitrogens is 2. The second kappa shape index (κ2) is 7.80. The van der Waals surface area contributed by atoms with Gasteiger partial charge in [-0.25, -0.2) is 9.97 Å². The van der Waals surface area contributed by atoms with Crippen molar-refractivity contribution in [1.82, 2.24) is 19.8 Å². The molecule has 2 amide bonds. The first-order valence-electron chi connectivity index (χ1n) is 9.17. The molecular weight excluding hydrogens is 318 g/mol. The summed E-state index contributed by atoms with van der Waals surface area (Å²) in [5.74, 6) is 0.756. The summed E-state index contributed by atoms with van der Waals surface area (Å²) in [6.07, 6.45) is 6.25. The van der Waals surface area contributed by atoms with E-state index in [2.05, 4.69) is 21.8 Å². The predicted molar refractivity (Wildman–Crippen MR) is 95.0 cm³/mol. The van der Waals surface area contributed by atoms with Crippen LogP contribution in [0.5, 0.6) is 0 Å². The van der Waals surface area contributed by atoms with Gasteiger partial charge in [0.25, 0.3) is 0 Å². The molecule has 136 valence electrons. The highest BCUT2D eigenvalue weighted by Crippen LogP contribution is 2.41. The first kappa shape index (κ1) is 17.6. The van der Waals surface area contributed by atoms with E-state index in [9.17, 15) is 9.59 Å². The van der Waals surface area contributed by atoms with Crippen molar-refractivity contribution in [3.8, 4) is 0 Å². The maximum atomic E-state index is 12.7. The van der Waals surface area contributed by atoms with Crippen molar-refractivity contribution in [2.24, 2.45) is 11.8 Å². The molecule has 0 radical (unpaired) electrons. The van der Waals surface area contributed by atoms with Crippen LogP contribution in [0.15, 0.2) is 18.5 Å². The summed E-state index contributed by atoms with van der Waals surface area (Å²) in [5, 5.41) is 0. The van der Waals surface area contributed by atoms with Gasteiger partial charge in [-0.15, -0.1) is 0 Å². The minimum absolute atomic E-state index is 0.107. The van der Waals surface area contributed by atoms with Gasteiger partial charge in [-0.05, 0) is 18.9 Å². The molecule has 0 spiro atoms. The van der Waals surface area contributed by atoms with Gasteiger partial charge in [-0.2, -0.15) is 0 Å². The summed E-state index contributed by atoms with van der Waals surface area (Å²) >= 11 is 0. The Morgan fingerprint density at radius 1 is 1.16 bits per heavy atom. The van der Waals surface area contributed by atoms with Crippen molar-refractivity contribution in [2.75, 3.05) is 44.7 Å². The number of anilines is 1. The van der Waals surface area contributed by atoms with Gasteiger partial charge < -0.3 is 14.7 Å². The SMILES string of the molecule is CCCCN(C)C(=O)C1CC1C(=O)N1CCN(c2ncccn2)CC1. The monoisotopic (exact) mass is 345 g/mol. The van der Waals surface area contributed by atoms with E-state index in [0.717, 1.165) is 32.5 Å². The molecule has 2 aliphatic rings. The van der Waals surface area contributed by atoms with Gasteiger partial charge in [0, 0.05) is 52.2 Å². The minimum Gasteiger partial charge on any atom is -0.346 e. The fraction of sp³-hybridized carbons (Fsp3) is 0.667. The zero-order chi connectivity index (χ0) is 17.8. The molecule has 1 aromatic rings. The molecule has 2 atom stereocenters. The summed E-state index contributed by atoms with van der Waals surface area (Å²) < 4.78 is 0. The van der Waals surface area contributed by atoms with E-state index >= 15 is 0 Å². The van der Waals surface area contributed by atoms with Gasteiger partial charge in [0.1, 0.15) is 0 Å². The third kappa shape index (κ3) is 4.08. The number of nitrogens with zero attached hydrogens (tertiary/aromatic N) is 5. The van der Waals surface area contributed by atoms with E-state index in [-0.39, 0.29) is 23.7 Å². The van der Waals surface area contributed by atoms with Crippen molar-refractivity contribution < 1.29 is 9.59 Å². The molecule has 0 bridgehead atoms. The summed E-state index contributed by atoms with van der Waals surface area (Å²) in [4.78, 5) is 39.3. The molecular formula is C18H27N5O2. The standard InChI is InChI=1S/C18H27N5O2/c1-3-4-8-21(2)16(24)14-13-15(14)17(25)22-9-11-23(12-10-22)18-19-6-5-7-20-18/h5-7,14-15H,3-4,8-13H2,1-2H3. The summed E-state index contributed by atoms with van der Waals surface area (Å²) in [5.41, 5.74) is 0. The molecule has 1 saturated heterocycles. The van der Waals surface area contributed by atoms with E-state index in [1.165, 1.54) is 0 Å². The predicted octanol–water partition coefficient (Wildman–Crippen LogP) is 1.02. The number of piperazine rings is 1. The number of rotatable bonds is 6. The molecule has 1 aromatic heterocycles. The van der Waals surface area contributed by atoms with Crippen molar-refractivity contribution in [1.29, 1.82) is 0 Å². The highest BCUT2D eigenvalue weighted by atomic mass is 16.2. The largest absolute Gasteiger partial charge is 0.346 e. The number of unbranched alkanes of at least 4 members (excludes halogenated alkanes) is 1. The molecule has 25 heavy (non-hydrogen) atoms. The van der Waals surface area contributed by atoms with Gasteiger partial charge in [0.2, 0.25) is 17.8 Å². The van der Waals surface area contributed by atoms with E-state index < -0.39 is 0 Å². The number of hydrogen-bond donors (Lipinski definition) is 0. The Hall–Kier alpha value is -2.18. The lowest BCUT2D eigenvalue weighted by atomic mass is 10.2. The lowest BCUT2D eigenvalue weighted by molar-refractivity contribution is -0.137. The van der Waals surface area contributed by atoms with Crippen LogP contribution in [0, 0.1) is 11.8 Å². The van der Waals surface area contributed by atoms with Crippen LogP contribution in [-0.2, 0) is 9.59 Å². The zero-order valence-corrected chi connectivity index (χ0v) is 15.1. The molecule has 0 aromatic carbocycles. The molecule has 7 nitrogen and oxygen atoms in total. The van der Waals surface area contributed by atoms with Crippen molar-refractivity contribution >= 4 is 17.8 Å². The van der Waals surface area contributed by atoms with Crippen molar-refractivity contribution in [3.63, 3.8) is 0 Å². The molecule has 7 heteroatoms. The van der Waals surface area contributed by atoms with Crippen LogP contribution in [0.2, 0.25) is 0 Å². The fourth-order valence-corrected chi connectivity index (χ4v) is 3.35. The molecule has 1 aliphatic carbocycles. The van der Waals surface area contributed by atoms with Crippen LogP contribution >= 0.6 is 0 Å². The Bertz CT molecular complexity index is 601. The third-order valence-electron chi connectivity index (χ3n) is 5.07. The van der Waals surface area contributed by atoms with E-state index in [0.29, 0.717) is 25.5 Å². The average molecular weight is 345 g/mol. The molecule has 0 N–H and O–H groups in total. The Kier molecular flexibility index (Phi) is 5.50. The van der Waals surface area contributed by atoms with Crippen LogP contribution < -0.4 is 4.90 Å². The quantitative estimate of drug-likeness (QED) is 0.770. The maximum absolute atomic E-state index is 12.7. The number of carbonyl (C=O) groups excluding carboxylic acids is 2. The lowest BCUT2D eigenvalue weighted by Gasteiger charge is -2.34. The minimum atomic E-state index is -0.115. The van der Waals surface area contributed by atoms with Gasteiger partial charge in [0.15, 0.2) is 0 Å². The second-order valence-corrected chi connectivity index (χ2v) is 6.92. The maximum Gasteiger partial charge on any atom is 0.226 e. The Morgan fingerprint density at radius 2 is 1.84 bits per heavy atom. The van der Waals surface area contributed by atoms with E-state index in [1.807, 2.05) is 11.9 Å². The number of hydrogen-bond acceptors (Lipinski definition) is 5. The fourth-order valence-electron chi connectivity index (χ4n) is 3.35. The number of carbonyl (C=O) groups is 2. The average Bonchev–Trinajstić information content (AvgIpc) is 3.46. The van der Waals surface area contributed by atoms with Crippen LogP contribution in [0.25, 0.3) is 0 Å². The van der Waals surface area contributed by atoms with Crippen LogP contribution in [0.1, 0.15) is 26.2 Å². The van der Waals surface area contributed by atoms with Crippen LogP contribution in [0.4, 0.5) is 5.95 Å². The summed E-state index contributed by atoms with van der Waals surface area (Å²) in [6, 6.07) is 1.80. The second-order valence-electron chi connectivity index (χ2n) is 6.92. The first-order chi connectivity index (χ1) is 12.1. The smallest absolute Gasteiger partial charge is 0.226 e. The highest BCUT2D eigenvalue weighted by molar-refractivity contribution is 5.92. The van der Waals surface area contributed by atoms with E-state index in [4.69, 9.17) is 0 Å². The Balaban J connectivity index is 1.47. The van der Waals surface area contributed by atoms with Crippen molar-refractivity contribution in [2.45, 2.75) is 26.2 Å².